The van der Waals surface area contributed by atoms with Crippen molar-refractivity contribution in [1.29, 1.82) is 0 Å². The van der Waals surface area contributed by atoms with Crippen molar-refractivity contribution in [2.45, 2.75) is 31.7 Å². The van der Waals surface area contributed by atoms with Crippen LogP contribution in [-0.2, 0) is 9.47 Å². The van der Waals surface area contributed by atoms with Crippen LogP contribution in [0.25, 0.3) is 10.8 Å². The maximum Gasteiger partial charge on any atom is 0.136 e. The molecule has 0 radical (unpaired) electrons. The van der Waals surface area contributed by atoms with E-state index in [9.17, 15) is 0 Å². The highest BCUT2D eigenvalue weighted by Crippen LogP contribution is 2.48. The maximum absolute atomic E-state index is 5.81. The lowest BCUT2D eigenvalue weighted by Crippen LogP contribution is -2.57. The van der Waals surface area contributed by atoms with Gasteiger partial charge in [0.1, 0.15) is 5.82 Å². The van der Waals surface area contributed by atoms with Gasteiger partial charge in [-0.05, 0) is 43.1 Å². The Labute approximate surface area is 174 Å². The molecule has 3 atom stereocenters. The normalized spacial score (nSPS) is 31.0. The molecule has 5 heteroatoms. The maximum atomic E-state index is 5.81. The van der Waals surface area contributed by atoms with Gasteiger partial charge < -0.3 is 14.4 Å². The molecule has 3 aliphatic rings. The fraction of sp³-hybridized carbons (Fsp3) is 0.625. The second kappa shape index (κ2) is 8.21. The number of ether oxygens (including phenoxy) is 2. The minimum absolute atomic E-state index is 0.244. The van der Waals surface area contributed by atoms with E-state index in [0.717, 1.165) is 63.8 Å². The molecule has 0 N–H and O–H groups in total. The zero-order valence-electron chi connectivity index (χ0n) is 17.6. The van der Waals surface area contributed by atoms with Gasteiger partial charge in [0.05, 0.1) is 19.8 Å². The smallest absolute Gasteiger partial charge is 0.136 e. The van der Waals surface area contributed by atoms with Crippen LogP contribution in [0.15, 0.2) is 36.5 Å². The lowest BCUT2D eigenvalue weighted by atomic mass is 9.62. The Morgan fingerprint density at radius 2 is 2.00 bits per heavy atom. The van der Waals surface area contributed by atoms with Gasteiger partial charge in [-0.15, -0.1) is 0 Å². The summed E-state index contributed by atoms with van der Waals surface area (Å²) in [5.41, 5.74) is 0.244. The van der Waals surface area contributed by atoms with Crippen LogP contribution in [0.5, 0.6) is 0 Å². The van der Waals surface area contributed by atoms with Crippen LogP contribution < -0.4 is 4.90 Å². The van der Waals surface area contributed by atoms with E-state index in [1.807, 2.05) is 13.3 Å². The first-order chi connectivity index (χ1) is 14.3. The summed E-state index contributed by atoms with van der Waals surface area (Å²) in [5, 5.41) is 2.54. The van der Waals surface area contributed by atoms with E-state index >= 15 is 0 Å². The summed E-state index contributed by atoms with van der Waals surface area (Å²) in [6.07, 6.45) is 7.02. The Morgan fingerprint density at radius 3 is 2.86 bits per heavy atom. The van der Waals surface area contributed by atoms with Crippen molar-refractivity contribution in [3.05, 3.63) is 36.5 Å². The van der Waals surface area contributed by atoms with Crippen molar-refractivity contribution in [2.24, 2.45) is 11.3 Å². The zero-order valence-corrected chi connectivity index (χ0v) is 17.6. The number of aromatic nitrogens is 1. The SMILES string of the molecule is COC[C@@]12CC[C@@H](N3CCOCC3)C[C@H]1CCN(c1nccc3ccccc13)C2. The fourth-order valence-electron chi connectivity index (χ4n) is 6.09. The molecule has 1 aromatic carbocycles. The van der Waals surface area contributed by atoms with Crippen molar-refractivity contribution in [1.82, 2.24) is 9.88 Å². The summed E-state index contributed by atoms with van der Waals surface area (Å²) in [4.78, 5) is 10.0. The lowest BCUT2D eigenvalue weighted by Gasteiger charge is -2.54. The Hall–Kier alpha value is -1.69. The third kappa shape index (κ3) is 3.65. The third-order valence-corrected chi connectivity index (χ3v) is 7.60. The minimum atomic E-state index is 0.244. The molecule has 1 saturated carbocycles. The molecule has 156 valence electrons. The first kappa shape index (κ1) is 19.3. The molecule has 29 heavy (non-hydrogen) atoms. The summed E-state index contributed by atoms with van der Waals surface area (Å²) in [6.45, 7) is 6.99. The van der Waals surface area contributed by atoms with E-state index in [-0.39, 0.29) is 5.41 Å². The van der Waals surface area contributed by atoms with Crippen LogP contribution >= 0.6 is 0 Å². The predicted molar refractivity (Wildman–Crippen MR) is 116 cm³/mol. The molecule has 1 aliphatic carbocycles. The molecule has 0 unspecified atom stereocenters. The first-order valence-corrected chi connectivity index (χ1v) is 11.2. The van der Waals surface area contributed by atoms with Gasteiger partial charge in [-0.2, -0.15) is 0 Å². The minimum Gasteiger partial charge on any atom is -0.384 e. The highest BCUT2D eigenvalue weighted by molar-refractivity contribution is 5.92. The summed E-state index contributed by atoms with van der Waals surface area (Å²) >= 11 is 0. The molecule has 5 rings (SSSR count). The first-order valence-electron chi connectivity index (χ1n) is 11.2. The molecule has 0 amide bonds. The number of anilines is 1. The lowest BCUT2D eigenvalue weighted by molar-refractivity contribution is -0.0539. The van der Waals surface area contributed by atoms with Crippen LogP contribution in [0.4, 0.5) is 5.82 Å². The van der Waals surface area contributed by atoms with Gasteiger partial charge >= 0.3 is 0 Å². The number of hydrogen-bond donors (Lipinski definition) is 0. The average molecular weight is 396 g/mol. The topological polar surface area (TPSA) is 37.8 Å². The molecule has 2 saturated heterocycles. The van der Waals surface area contributed by atoms with Crippen LogP contribution in [0.3, 0.4) is 0 Å². The van der Waals surface area contributed by atoms with Crippen molar-refractivity contribution >= 4 is 16.6 Å². The summed E-state index contributed by atoms with van der Waals surface area (Å²) in [5.74, 6) is 1.88. The van der Waals surface area contributed by atoms with E-state index in [4.69, 9.17) is 14.5 Å². The quantitative estimate of drug-likeness (QED) is 0.791. The Kier molecular flexibility index (Phi) is 5.46. The highest BCUT2D eigenvalue weighted by Gasteiger charge is 2.48. The third-order valence-electron chi connectivity index (χ3n) is 7.60. The number of morpholine rings is 1. The van der Waals surface area contributed by atoms with Gasteiger partial charge in [-0.1, -0.05) is 24.3 Å². The summed E-state index contributed by atoms with van der Waals surface area (Å²) in [7, 11) is 1.87. The van der Waals surface area contributed by atoms with Crippen molar-refractivity contribution in [3.8, 4) is 0 Å². The molecule has 2 aromatic rings. The molecule has 0 bridgehead atoms. The van der Waals surface area contributed by atoms with Crippen LogP contribution in [0, 0.1) is 11.3 Å². The molecule has 0 spiro atoms. The Balaban J connectivity index is 1.38. The number of methoxy groups -OCH3 is 1. The molecule has 1 aromatic heterocycles. The Bertz CT molecular complexity index is 832. The standard InChI is InChI=1S/C24H33N3O2/c1-28-18-24-9-6-21(26-12-14-29-15-13-26)16-20(24)8-11-27(17-24)23-22-5-3-2-4-19(22)7-10-25-23/h2-5,7,10,20-21H,6,8-9,11-18H2,1H3/t20-,21-,24+/m1/s1. The molecule has 3 heterocycles. The van der Waals surface area contributed by atoms with Crippen LogP contribution in [-0.4, -0.2) is 69.0 Å². The number of fused-ring (bicyclic) bond motifs is 2. The van der Waals surface area contributed by atoms with Gasteiger partial charge in [0.2, 0.25) is 0 Å². The number of pyridine rings is 1. The van der Waals surface area contributed by atoms with Crippen molar-refractivity contribution in [3.63, 3.8) is 0 Å². The van der Waals surface area contributed by atoms with E-state index in [2.05, 4.69) is 40.1 Å². The summed E-state index contributed by atoms with van der Waals surface area (Å²) < 4.78 is 11.4. The molecule has 5 nitrogen and oxygen atoms in total. The van der Waals surface area contributed by atoms with Crippen molar-refractivity contribution < 1.29 is 9.47 Å². The van der Waals surface area contributed by atoms with Gasteiger partial charge in [0, 0.05) is 56.3 Å². The van der Waals surface area contributed by atoms with Crippen LogP contribution in [0.1, 0.15) is 25.7 Å². The van der Waals surface area contributed by atoms with E-state index in [1.54, 1.807) is 0 Å². The second-order valence-electron chi connectivity index (χ2n) is 9.13. The largest absolute Gasteiger partial charge is 0.384 e. The molecule has 2 aliphatic heterocycles. The number of benzene rings is 1. The van der Waals surface area contributed by atoms with E-state index < -0.39 is 0 Å². The van der Waals surface area contributed by atoms with Gasteiger partial charge in [-0.3, -0.25) is 4.90 Å². The van der Waals surface area contributed by atoms with E-state index in [0.29, 0.717) is 0 Å². The number of rotatable bonds is 4. The predicted octanol–water partition coefficient (Wildman–Crippen LogP) is 3.58. The monoisotopic (exact) mass is 395 g/mol. The van der Waals surface area contributed by atoms with E-state index in [1.165, 1.54) is 36.5 Å². The molecular formula is C24H33N3O2. The van der Waals surface area contributed by atoms with Gasteiger partial charge in [0.25, 0.3) is 0 Å². The van der Waals surface area contributed by atoms with Crippen molar-refractivity contribution in [2.75, 3.05) is 58.0 Å². The molecular weight excluding hydrogens is 362 g/mol. The van der Waals surface area contributed by atoms with Gasteiger partial charge in [-0.25, -0.2) is 4.98 Å². The fourth-order valence-corrected chi connectivity index (χ4v) is 6.09. The summed E-state index contributed by atoms with van der Waals surface area (Å²) in [6, 6.07) is 11.5. The Morgan fingerprint density at radius 1 is 1.14 bits per heavy atom. The van der Waals surface area contributed by atoms with Gasteiger partial charge in [0.15, 0.2) is 0 Å². The second-order valence-corrected chi connectivity index (χ2v) is 9.13. The number of piperidine rings is 1. The van der Waals surface area contributed by atoms with Crippen LogP contribution in [0.2, 0.25) is 0 Å². The highest BCUT2D eigenvalue weighted by atomic mass is 16.5. The number of hydrogen-bond acceptors (Lipinski definition) is 5. The number of nitrogens with zero attached hydrogens (tertiary/aromatic N) is 3. The average Bonchev–Trinajstić information content (AvgIpc) is 2.79. The molecule has 3 fully saturated rings. The zero-order chi connectivity index (χ0) is 19.7.